The van der Waals surface area contributed by atoms with Crippen molar-refractivity contribution in [2.45, 2.75) is 64.5 Å². The van der Waals surface area contributed by atoms with E-state index in [-0.39, 0.29) is 5.97 Å². The topological polar surface area (TPSA) is 55.6 Å². The molecule has 1 saturated heterocycles. The Balaban J connectivity index is 2.02. The molecule has 0 bridgehead atoms. The molecular weight excluding hydrogens is 228 g/mol. The number of unbranched alkanes of at least 4 members (excludes halogenated alkanes) is 2. The molecule has 1 heterocycles. The van der Waals surface area contributed by atoms with Gasteiger partial charge in [-0.15, -0.1) is 0 Å². The van der Waals surface area contributed by atoms with Gasteiger partial charge in [-0.25, -0.2) is 0 Å². The van der Waals surface area contributed by atoms with Crippen LogP contribution in [0.25, 0.3) is 0 Å². The first kappa shape index (κ1) is 15.4. The van der Waals surface area contributed by atoms with E-state index in [2.05, 4.69) is 11.8 Å². The first-order valence-electron chi connectivity index (χ1n) is 7.28. The molecule has 4 nitrogen and oxygen atoms in total. The van der Waals surface area contributed by atoms with Crippen LogP contribution in [0.2, 0.25) is 0 Å². The minimum atomic E-state index is -0.0604. The van der Waals surface area contributed by atoms with Crippen LogP contribution in [0.1, 0.15) is 52.4 Å². The maximum Gasteiger partial charge on any atom is 0.305 e. The molecule has 2 atom stereocenters. The van der Waals surface area contributed by atoms with E-state index < -0.39 is 0 Å². The largest absolute Gasteiger partial charge is 0.466 e. The van der Waals surface area contributed by atoms with E-state index in [1.54, 1.807) is 0 Å². The number of hydrogen-bond acceptors (Lipinski definition) is 4. The highest BCUT2D eigenvalue weighted by Crippen LogP contribution is 2.16. The fourth-order valence-electron chi connectivity index (χ4n) is 2.58. The molecule has 18 heavy (non-hydrogen) atoms. The SMILES string of the molecule is CCOC(=O)CCCCCN1CCC(N)CC1C. The van der Waals surface area contributed by atoms with E-state index in [0.717, 1.165) is 38.8 Å². The number of esters is 1. The molecule has 0 saturated carbocycles. The quantitative estimate of drug-likeness (QED) is 0.558. The smallest absolute Gasteiger partial charge is 0.305 e. The molecule has 106 valence electrons. The van der Waals surface area contributed by atoms with Gasteiger partial charge in [-0.1, -0.05) is 6.42 Å². The van der Waals surface area contributed by atoms with Gasteiger partial charge in [0.1, 0.15) is 0 Å². The lowest BCUT2D eigenvalue weighted by molar-refractivity contribution is -0.143. The Labute approximate surface area is 111 Å². The van der Waals surface area contributed by atoms with E-state index in [9.17, 15) is 4.79 Å². The molecule has 0 amide bonds. The number of nitrogens with two attached hydrogens (primary N) is 1. The number of piperidine rings is 1. The van der Waals surface area contributed by atoms with E-state index in [1.165, 1.54) is 6.42 Å². The lowest BCUT2D eigenvalue weighted by Crippen LogP contribution is -2.45. The minimum Gasteiger partial charge on any atom is -0.466 e. The Kier molecular flexibility index (Phi) is 7.28. The summed E-state index contributed by atoms with van der Waals surface area (Å²) >= 11 is 0. The van der Waals surface area contributed by atoms with Gasteiger partial charge in [-0.3, -0.25) is 4.79 Å². The molecule has 0 aromatic rings. The summed E-state index contributed by atoms with van der Waals surface area (Å²) < 4.78 is 4.90. The molecule has 2 unspecified atom stereocenters. The average molecular weight is 256 g/mol. The summed E-state index contributed by atoms with van der Waals surface area (Å²) in [4.78, 5) is 13.7. The Morgan fingerprint density at radius 1 is 1.39 bits per heavy atom. The highest BCUT2D eigenvalue weighted by Gasteiger charge is 2.22. The van der Waals surface area contributed by atoms with E-state index in [4.69, 9.17) is 10.5 Å². The molecule has 1 rings (SSSR count). The highest BCUT2D eigenvalue weighted by molar-refractivity contribution is 5.69. The molecular formula is C14H28N2O2. The van der Waals surface area contributed by atoms with Crippen molar-refractivity contribution >= 4 is 5.97 Å². The molecule has 0 spiro atoms. The van der Waals surface area contributed by atoms with Crippen LogP contribution in [0.4, 0.5) is 0 Å². The van der Waals surface area contributed by atoms with Crippen molar-refractivity contribution in [3.63, 3.8) is 0 Å². The fourth-order valence-corrected chi connectivity index (χ4v) is 2.58. The molecule has 0 aromatic heterocycles. The lowest BCUT2D eigenvalue weighted by Gasteiger charge is -2.36. The third-order valence-electron chi connectivity index (χ3n) is 3.69. The second-order valence-electron chi connectivity index (χ2n) is 5.29. The molecule has 2 N–H and O–H groups in total. The number of rotatable bonds is 7. The lowest BCUT2D eigenvalue weighted by atomic mass is 9.99. The maximum absolute atomic E-state index is 11.1. The first-order chi connectivity index (χ1) is 8.63. The van der Waals surface area contributed by atoms with E-state index in [0.29, 0.717) is 25.1 Å². The van der Waals surface area contributed by atoms with Gasteiger partial charge < -0.3 is 15.4 Å². The predicted octanol–water partition coefficient (Wildman–Crippen LogP) is 1.92. The average Bonchev–Trinajstić information content (AvgIpc) is 2.31. The van der Waals surface area contributed by atoms with Crippen LogP contribution in [0, 0.1) is 0 Å². The van der Waals surface area contributed by atoms with Gasteiger partial charge >= 0.3 is 5.97 Å². The summed E-state index contributed by atoms with van der Waals surface area (Å²) in [5.74, 6) is -0.0604. The zero-order valence-corrected chi connectivity index (χ0v) is 11.9. The van der Waals surface area contributed by atoms with Crippen molar-refractivity contribution in [2.75, 3.05) is 19.7 Å². The van der Waals surface area contributed by atoms with Crippen molar-refractivity contribution in [1.29, 1.82) is 0 Å². The van der Waals surface area contributed by atoms with Crippen molar-refractivity contribution in [3.8, 4) is 0 Å². The third kappa shape index (κ3) is 5.83. The van der Waals surface area contributed by atoms with Crippen LogP contribution in [0.3, 0.4) is 0 Å². The van der Waals surface area contributed by atoms with Crippen molar-refractivity contribution in [1.82, 2.24) is 4.90 Å². The monoisotopic (exact) mass is 256 g/mol. The number of nitrogens with zero attached hydrogens (tertiary/aromatic N) is 1. The van der Waals surface area contributed by atoms with Crippen LogP contribution in [0.15, 0.2) is 0 Å². The standard InChI is InChI=1S/C14H28N2O2/c1-3-18-14(17)7-5-4-6-9-16-10-8-13(15)11-12(16)2/h12-13H,3-11,15H2,1-2H3. The predicted molar refractivity (Wildman–Crippen MR) is 73.3 cm³/mol. The Morgan fingerprint density at radius 2 is 2.17 bits per heavy atom. The molecule has 1 aliphatic heterocycles. The third-order valence-corrected chi connectivity index (χ3v) is 3.69. The Morgan fingerprint density at radius 3 is 2.83 bits per heavy atom. The first-order valence-corrected chi connectivity index (χ1v) is 7.28. The number of ether oxygens (including phenoxy) is 1. The molecule has 0 radical (unpaired) electrons. The normalized spacial score (nSPS) is 25.1. The Hall–Kier alpha value is -0.610. The summed E-state index contributed by atoms with van der Waals surface area (Å²) in [5, 5.41) is 0. The second-order valence-corrected chi connectivity index (χ2v) is 5.29. The highest BCUT2D eigenvalue weighted by atomic mass is 16.5. The summed E-state index contributed by atoms with van der Waals surface area (Å²) in [6.45, 7) is 6.86. The maximum atomic E-state index is 11.1. The van der Waals surface area contributed by atoms with Crippen molar-refractivity contribution in [3.05, 3.63) is 0 Å². The Bertz CT molecular complexity index is 246. The van der Waals surface area contributed by atoms with Gasteiger partial charge in [-0.05, 0) is 52.6 Å². The summed E-state index contributed by atoms with van der Waals surface area (Å²) in [7, 11) is 0. The van der Waals surface area contributed by atoms with Gasteiger partial charge in [0, 0.05) is 18.5 Å². The van der Waals surface area contributed by atoms with Crippen LogP contribution in [-0.2, 0) is 9.53 Å². The number of carbonyl (C=O) groups excluding carboxylic acids is 1. The van der Waals surface area contributed by atoms with Crippen LogP contribution in [-0.4, -0.2) is 42.6 Å². The fraction of sp³-hybridized carbons (Fsp3) is 0.929. The van der Waals surface area contributed by atoms with Gasteiger partial charge in [-0.2, -0.15) is 0 Å². The van der Waals surface area contributed by atoms with E-state index >= 15 is 0 Å². The summed E-state index contributed by atoms with van der Waals surface area (Å²) in [5.41, 5.74) is 5.95. The molecule has 4 heteroatoms. The van der Waals surface area contributed by atoms with Crippen LogP contribution >= 0.6 is 0 Å². The van der Waals surface area contributed by atoms with Crippen LogP contribution < -0.4 is 5.73 Å². The van der Waals surface area contributed by atoms with Gasteiger partial charge in [0.05, 0.1) is 6.61 Å². The minimum absolute atomic E-state index is 0.0604. The van der Waals surface area contributed by atoms with Gasteiger partial charge in [0.2, 0.25) is 0 Å². The molecule has 1 aliphatic rings. The number of likely N-dealkylation sites (tertiary alicyclic amines) is 1. The zero-order chi connectivity index (χ0) is 13.4. The molecule has 0 aliphatic carbocycles. The number of carbonyl (C=O) groups is 1. The molecule has 1 fully saturated rings. The van der Waals surface area contributed by atoms with Crippen LogP contribution in [0.5, 0.6) is 0 Å². The summed E-state index contributed by atoms with van der Waals surface area (Å²) in [6.07, 6.45) is 6.01. The summed E-state index contributed by atoms with van der Waals surface area (Å²) in [6, 6.07) is 0.999. The molecule has 0 aromatic carbocycles. The number of hydrogen-bond donors (Lipinski definition) is 1. The van der Waals surface area contributed by atoms with Gasteiger partial charge in [0.25, 0.3) is 0 Å². The van der Waals surface area contributed by atoms with E-state index in [1.807, 2.05) is 6.92 Å². The zero-order valence-electron chi connectivity index (χ0n) is 11.9. The van der Waals surface area contributed by atoms with Crippen molar-refractivity contribution in [2.24, 2.45) is 5.73 Å². The van der Waals surface area contributed by atoms with Gasteiger partial charge in [0.15, 0.2) is 0 Å². The van der Waals surface area contributed by atoms with Crippen molar-refractivity contribution < 1.29 is 9.53 Å². The second kappa shape index (κ2) is 8.48.